The number of rotatable bonds is 5. The van der Waals surface area contributed by atoms with Crippen LogP contribution in [0.2, 0.25) is 0 Å². The van der Waals surface area contributed by atoms with Crippen molar-refractivity contribution in [3.8, 4) is 5.75 Å². The Morgan fingerprint density at radius 1 is 1.07 bits per heavy atom. The van der Waals surface area contributed by atoms with Crippen molar-refractivity contribution in [3.63, 3.8) is 0 Å². The summed E-state index contributed by atoms with van der Waals surface area (Å²) in [5, 5.41) is 0. The van der Waals surface area contributed by atoms with Gasteiger partial charge in [-0.2, -0.15) is 4.31 Å². The summed E-state index contributed by atoms with van der Waals surface area (Å²) in [6, 6.07) is 9.40. The van der Waals surface area contributed by atoms with Crippen molar-refractivity contribution in [1.29, 1.82) is 0 Å². The van der Waals surface area contributed by atoms with Gasteiger partial charge in [0.1, 0.15) is 22.3 Å². The highest BCUT2D eigenvalue weighted by atomic mass is 79.9. The molecule has 0 N–H and O–H groups in total. The molecule has 1 atom stereocenters. The Kier molecular flexibility index (Phi) is 6.55. The lowest BCUT2D eigenvalue weighted by molar-refractivity contribution is -0.139. The zero-order valence-electron chi connectivity index (χ0n) is 15.5. The van der Waals surface area contributed by atoms with E-state index in [2.05, 4.69) is 15.9 Å². The number of benzene rings is 2. The van der Waals surface area contributed by atoms with Crippen molar-refractivity contribution in [1.82, 2.24) is 9.21 Å². The lowest BCUT2D eigenvalue weighted by Gasteiger charge is -2.35. The maximum Gasteiger partial charge on any atom is 0.263 e. The number of carbonyl (C=O) groups excluding carboxylic acids is 1. The molecule has 2 aromatic rings. The Morgan fingerprint density at radius 3 is 2.28 bits per heavy atom. The van der Waals surface area contributed by atoms with Crippen LogP contribution in [0.3, 0.4) is 0 Å². The summed E-state index contributed by atoms with van der Waals surface area (Å²) in [5.74, 6) is -1.71. The number of amides is 1. The van der Waals surface area contributed by atoms with Gasteiger partial charge >= 0.3 is 0 Å². The lowest BCUT2D eigenvalue weighted by Crippen LogP contribution is -2.53. The Morgan fingerprint density at radius 2 is 1.69 bits per heavy atom. The van der Waals surface area contributed by atoms with Gasteiger partial charge in [-0.05, 0) is 43.3 Å². The number of nitrogens with zero attached hydrogens (tertiary/aromatic N) is 2. The fourth-order valence-electron chi connectivity index (χ4n) is 3.00. The summed E-state index contributed by atoms with van der Waals surface area (Å²) >= 11 is 3.32. The molecule has 29 heavy (non-hydrogen) atoms. The summed E-state index contributed by atoms with van der Waals surface area (Å²) < 4.78 is 59.9. The largest absolute Gasteiger partial charge is 0.481 e. The van der Waals surface area contributed by atoms with E-state index in [0.717, 1.165) is 20.9 Å². The number of ether oxygens (including phenoxy) is 1. The average molecular weight is 489 g/mol. The first kappa shape index (κ1) is 21.7. The van der Waals surface area contributed by atoms with Gasteiger partial charge in [-0.25, -0.2) is 17.2 Å². The van der Waals surface area contributed by atoms with Crippen LogP contribution < -0.4 is 4.74 Å². The molecular formula is C19H19BrF2N2O4S. The van der Waals surface area contributed by atoms with E-state index in [0.29, 0.717) is 11.8 Å². The molecule has 1 amide bonds. The molecule has 0 radical (unpaired) electrons. The smallest absolute Gasteiger partial charge is 0.263 e. The van der Waals surface area contributed by atoms with Gasteiger partial charge in [-0.1, -0.05) is 15.9 Å². The molecule has 1 heterocycles. The molecule has 3 rings (SSSR count). The predicted molar refractivity (Wildman–Crippen MR) is 106 cm³/mol. The minimum atomic E-state index is -4.11. The van der Waals surface area contributed by atoms with Crippen molar-refractivity contribution >= 4 is 31.9 Å². The molecule has 1 aliphatic heterocycles. The van der Waals surface area contributed by atoms with Gasteiger partial charge in [-0.3, -0.25) is 4.79 Å². The second-order valence-corrected chi connectivity index (χ2v) is 9.34. The van der Waals surface area contributed by atoms with Gasteiger partial charge < -0.3 is 9.64 Å². The SMILES string of the molecule is CC(Oc1ccc(Br)cc1)C(=O)N1CCN(S(=O)(=O)c2ccc(F)cc2F)CC1. The number of hydrogen-bond acceptors (Lipinski definition) is 4. The molecule has 1 saturated heterocycles. The highest BCUT2D eigenvalue weighted by Crippen LogP contribution is 2.22. The fourth-order valence-corrected chi connectivity index (χ4v) is 4.73. The first-order valence-corrected chi connectivity index (χ1v) is 11.1. The van der Waals surface area contributed by atoms with Crippen LogP contribution in [0.25, 0.3) is 0 Å². The fraction of sp³-hybridized carbons (Fsp3) is 0.316. The molecule has 1 unspecified atom stereocenters. The Bertz CT molecular complexity index is 994. The summed E-state index contributed by atoms with van der Waals surface area (Å²) in [7, 11) is -4.11. The van der Waals surface area contributed by atoms with E-state index < -0.39 is 32.7 Å². The molecule has 2 aromatic carbocycles. The van der Waals surface area contributed by atoms with Crippen LogP contribution >= 0.6 is 15.9 Å². The second kappa shape index (κ2) is 8.76. The maximum absolute atomic E-state index is 13.9. The highest BCUT2D eigenvalue weighted by Gasteiger charge is 2.33. The molecule has 6 nitrogen and oxygen atoms in total. The van der Waals surface area contributed by atoms with Gasteiger partial charge in [0.15, 0.2) is 6.10 Å². The van der Waals surface area contributed by atoms with Crippen LogP contribution in [0.4, 0.5) is 8.78 Å². The molecule has 0 aromatic heterocycles. The Labute approximate surface area is 176 Å². The predicted octanol–water partition coefficient (Wildman–Crippen LogP) is 3.03. The molecule has 10 heteroatoms. The van der Waals surface area contributed by atoms with Gasteiger partial charge in [0.2, 0.25) is 10.0 Å². The van der Waals surface area contributed by atoms with Crippen LogP contribution in [0.5, 0.6) is 5.75 Å². The zero-order chi connectivity index (χ0) is 21.2. The molecule has 156 valence electrons. The highest BCUT2D eigenvalue weighted by molar-refractivity contribution is 9.10. The number of carbonyl (C=O) groups is 1. The molecular weight excluding hydrogens is 470 g/mol. The molecule has 0 spiro atoms. The average Bonchev–Trinajstić information content (AvgIpc) is 2.69. The van der Waals surface area contributed by atoms with Crippen LogP contribution in [-0.4, -0.2) is 55.8 Å². The lowest BCUT2D eigenvalue weighted by atomic mass is 10.3. The monoisotopic (exact) mass is 488 g/mol. The van der Waals surface area contributed by atoms with Crippen molar-refractivity contribution in [3.05, 3.63) is 58.6 Å². The minimum absolute atomic E-state index is 0.00982. The van der Waals surface area contributed by atoms with E-state index in [1.54, 1.807) is 31.2 Å². The second-order valence-electron chi connectivity index (χ2n) is 6.52. The maximum atomic E-state index is 13.9. The molecule has 1 aliphatic rings. The standard InChI is InChI=1S/C19H19BrF2N2O4S/c1-13(28-16-5-2-14(20)3-6-16)19(25)23-8-10-24(11-9-23)29(26,27)18-7-4-15(21)12-17(18)22/h2-7,12-13H,8-11H2,1H3. The summed E-state index contributed by atoms with van der Waals surface area (Å²) in [5.41, 5.74) is 0. The summed E-state index contributed by atoms with van der Waals surface area (Å²) in [6.07, 6.45) is -0.742. The van der Waals surface area contributed by atoms with Crippen LogP contribution in [-0.2, 0) is 14.8 Å². The van der Waals surface area contributed by atoms with Gasteiger partial charge in [-0.15, -0.1) is 0 Å². The zero-order valence-corrected chi connectivity index (χ0v) is 17.9. The van der Waals surface area contributed by atoms with Crippen molar-refractivity contribution in [2.45, 2.75) is 17.9 Å². The third kappa shape index (κ3) is 4.93. The normalized spacial score (nSPS) is 16.5. The Hall–Kier alpha value is -2.04. The molecule has 0 saturated carbocycles. The number of halogens is 3. The van der Waals surface area contributed by atoms with Gasteiger partial charge in [0.25, 0.3) is 5.91 Å². The van der Waals surface area contributed by atoms with E-state index in [-0.39, 0.29) is 32.1 Å². The number of hydrogen-bond donors (Lipinski definition) is 0. The van der Waals surface area contributed by atoms with Crippen molar-refractivity contribution in [2.24, 2.45) is 0 Å². The third-order valence-electron chi connectivity index (χ3n) is 4.54. The molecule has 1 fully saturated rings. The van der Waals surface area contributed by atoms with E-state index >= 15 is 0 Å². The number of piperazine rings is 1. The minimum Gasteiger partial charge on any atom is -0.481 e. The first-order valence-electron chi connectivity index (χ1n) is 8.84. The summed E-state index contributed by atoms with van der Waals surface area (Å²) in [4.78, 5) is 13.5. The van der Waals surface area contributed by atoms with E-state index in [4.69, 9.17) is 4.74 Å². The third-order valence-corrected chi connectivity index (χ3v) is 7.00. The van der Waals surface area contributed by atoms with Crippen molar-refractivity contribution in [2.75, 3.05) is 26.2 Å². The van der Waals surface area contributed by atoms with Gasteiger partial charge in [0.05, 0.1) is 0 Å². The van der Waals surface area contributed by atoms with Crippen LogP contribution in [0, 0.1) is 11.6 Å². The van der Waals surface area contributed by atoms with Crippen LogP contribution in [0.1, 0.15) is 6.92 Å². The Balaban J connectivity index is 1.62. The van der Waals surface area contributed by atoms with E-state index in [1.165, 1.54) is 4.90 Å². The van der Waals surface area contributed by atoms with Crippen molar-refractivity contribution < 1.29 is 26.7 Å². The topological polar surface area (TPSA) is 66.9 Å². The summed E-state index contributed by atoms with van der Waals surface area (Å²) in [6.45, 7) is 1.94. The number of sulfonamides is 1. The van der Waals surface area contributed by atoms with E-state index in [1.807, 2.05) is 0 Å². The first-order chi connectivity index (χ1) is 13.7. The van der Waals surface area contributed by atoms with Gasteiger partial charge in [0, 0.05) is 36.7 Å². The van der Waals surface area contributed by atoms with Crippen LogP contribution in [0.15, 0.2) is 51.8 Å². The quantitative estimate of drug-likeness (QED) is 0.648. The molecule has 0 bridgehead atoms. The van der Waals surface area contributed by atoms with E-state index in [9.17, 15) is 22.0 Å². The molecule has 0 aliphatic carbocycles.